The van der Waals surface area contributed by atoms with Crippen LogP contribution in [0.25, 0.3) is 16.4 Å². The molecule has 0 aliphatic rings. The van der Waals surface area contributed by atoms with E-state index >= 15 is 0 Å². The lowest BCUT2D eigenvalue weighted by molar-refractivity contribution is 0.292. The molecule has 38 heavy (non-hydrogen) atoms. The number of pyridine rings is 2. The minimum absolute atomic E-state index is 0.143. The summed E-state index contributed by atoms with van der Waals surface area (Å²) in [5, 5.41) is 11.5. The van der Waals surface area contributed by atoms with Gasteiger partial charge in [0, 0.05) is 56.2 Å². The first-order chi connectivity index (χ1) is 17.9. The Bertz CT molecular complexity index is 1390. The van der Waals surface area contributed by atoms with Gasteiger partial charge in [0.05, 0.1) is 17.1 Å². The number of nitrogens with one attached hydrogen (secondary N) is 1. The highest BCUT2D eigenvalue weighted by Crippen LogP contribution is 2.37. The Morgan fingerprint density at radius 3 is 2.50 bits per heavy atom. The lowest BCUT2D eigenvalue weighted by Gasteiger charge is -2.36. The van der Waals surface area contributed by atoms with Gasteiger partial charge >= 0.3 is 0 Å². The molecule has 0 amide bonds. The topological polar surface area (TPSA) is 81.0 Å². The maximum absolute atomic E-state index is 6.58. The van der Waals surface area contributed by atoms with Gasteiger partial charge in [-0.2, -0.15) is 5.10 Å². The minimum atomic E-state index is -1.90. The van der Waals surface area contributed by atoms with Gasteiger partial charge in [0.15, 0.2) is 8.32 Å². The highest BCUT2D eigenvalue weighted by atomic mass is 32.1. The van der Waals surface area contributed by atoms with Gasteiger partial charge in [0.25, 0.3) is 0 Å². The molecule has 1 N–H and O–H groups in total. The van der Waals surface area contributed by atoms with E-state index in [-0.39, 0.29) is 5.04 Å². The van der Waals surface area contributed by atoms with E-state index in [2.05, 4.69) is 56.3 Å². The van der Waals surface area contributed by atoms with E-state index in [1.165, 1.54) is 0 Å². The summed E-state index contributed by atoms with van der Waals surface area (Å²) in [6.45, 7) is 16.0. The first-order valence-corrected chi connectivity index (χ1v) is 16.7. The van der Waals surface area contributed by atoms with E-state index in [9.17, 15) is 0 Å². The molecule has 0 spiro atoms. The van der Waals surface area contributed by atoms with Crippen molar-refractivity contribution in [2.75, 3.05) is 30.9 Å². The molecule has 10 heteroatoms. The summed E-state index contributed by atoms with van der Waals surface area (Å²) in [5.74, 6) is 1.72. The molecule has 4 rings (SSSR count). The molecule has 4 heterocycles. The van der Waals surface area contributed by atoms with Crippen molar-refractivity contribution in [1.82, 2.24) is 24.7 Å². The molecule has 0 saturated carbocycles. The molecule has 0 aliphatic heterocycles. The third-order valence-electron chi connectivity index (χ3n) is 7.12. The second kappa shape index (κ2) is 11.0. The number of thiazole rings is 1. The van der Waals surface area contributed by atoms with E-state index in [4.69, 9.17) is 19.5 Å². The fraction of sp³-hybridized carbons (Fsp3) is 0.429. The van der Waals surface area contributed by atoms with Crippen molar-refractivity contribution in [1.29, 1.82) is 0 Å². The van der Waals surface area contributed by atoms with Gasteiger partial charge in [-0.3, -0.25) is 0 Å². The van der Waals surface area contributed by atoms with E-state index < -0.39 is 8.32 Å². The summed E-state index contributed by atoms with van der Waals surface area (Å²) in [5.41, 5.74) is 5.63. The zero-order valence-electron chi connectivity index (χ0n) is 24.0. The Morgan fingerprint density at radius 2 is 1.87 bits per heavy atom. The molecule has 8 nitrogen and oxygen atoms in total. The van der Waals surface area contributed by atoms with Crippen LogP contribution in [0.4, 0.5) is 17.3 Å². The van der Waals surface area contributed by atoms with Crippen LogP contribution in [0.3, 0.4) is 0 Å². The molecule has 202 valence electrons. The summed E-state index contributed by atoms with van der Waals surface area (Å²) in [4.78, 5) is 16.1. The Morgan fingerprint density at radius 1 is 1.11 bits per heavy atom. The first-order valence-electron chi connectivity index (χ1n) is 12.9. The molecule has 0 bridgehead atoms. The molecule has 0 aromatic carbocycles. The highest BCUT2D eigenvalue weighted by Gasteiger charge is 2.37. The van der Waals surface area contributed by atoms with E-state index in [1.54, 1.807) is 17.5 Å². The van der Waals surface area contributed by atoms with Crippen LogP contribution in [0.5, 0.6) is 0 Å². The van der Waals surface area contributed by atoms with Crippen LogP contribution < -0.4 is 10.2 Å². The van der Waals surface area contributed by atoms with Crippen molar-refractivity contribution in [3.8, 4) is 16.4 Å². The van der Waals surface area contributed by atoms with Crippen LogP contribution in [0.15, 0.2) is 42.0 Å². The Labute approximate surface area is 231 Å². The number of nitrogens with zero attached hydrogens (tertiary/aromatic N) is 6. The molecular formula is C28H39N7OSSi. The summed E-state index contributed by atoms with van der Waals surface area (Å²) in [7, 11) is 2.09. The van der Waals surface area contributed by atoms with Gasteiger partial charge in [0.1, 0.15) is 22.3 Å². The molecule has 0 fully saturated rings. The number of aryl methyl sites for hydroxylation is 2. The summed E-state index contributed by atoms with van der Waals surface area (Å²) < 4.78 is 8.51. The molecule has 0 atom stereocenters. The fourth-order valence-electron chi connectivity index (χ4n) is 3.84. The standard InChI is InChI=1S/C28H39N7OSSi/c1-19-18-24(35-15-12-23(33-35)27-29-14-17-37-27)21(13-16-36-38(8,9)28(3,4)5)26(30-19)32-22-10-11-25(34(6)7)31-20(22)2/h10-12,14-15,17-18H,13,16H2,1-9H3,(H,30,32). The average molecular weight is 550 g/mol. The molecule has 0 aliphatic carbocycles. The predicted molar refractivity (Wildman–Crippen MR) is 161 cm³/mol. The lowest BCUT2D eigenvalue weighted by atomic mass is 10.1. The SMILES string of the molecule is Cc1cc(-n2ccc(-c3nccs3)n2)c(CCO[Si](C)(C)C(C)(C)C)c(Nc2ccc(N(C)C)nc2C)n1. The smallest absolute Gasteiger partial charge is 0.191 e. The van der Waals surface area contributed by atoms with Crippen molar-refractivity contribution in [2.45, 2.75) is 59.2 Å². The zero-order valence-corrected chi connectivity index (χ0v) is 25.8. The molecule has 4 aromatic rings. The Hall–Kier alpha value is -3.08. The number of aromatic nitrogens is 5. The zero-order chi connectivity index (χ0) is 27.7. The number of rotatable bonds is 9. The molecule has 0 radical (unpaired) electrons. The van der Waals surface area contributed by atoms with E-state index in [0.717, 1.165) is 50.7 Å². The van der Waals surface area contributed by atoms with Crippen molar-refractivity contribution in [3.05, 3.63) is 59.0 Å². The second-order valence-corrected chi connectivity index (χ2v) is 17.0. The molecule has 0 unspecified atom stereocenters. The van der Waals surface area contributed by atoms with E-state index in [1.807, 2.05) is 61.2 Å². The maximum atomic E-state index is 6.58. The van der Waals surface area contributed by atoms with E-state index in [0.29, 0.717) is 13.0 Å². The summed E-state index contributed by atoms with van der Waals surface area (Å²) in [6.07, 6.45) is 4.50. The van der Waals surface area contributed by atoms with Gasteiger partial charge in [-0.05, 0) is 56.2 Å². The molecular weight excluding hydrogens is 511 g/mol. The van der Waals surface area contributed by atoms with Gasteiger partial charge < -0.3 is 14.6 Å². The highest BCUT2D eigenvalue weighted by molar-refractivity contribution is 7.13. The van der Waals surface area contributed by atoms with Crippen molar-refractivity contribution in [2.24, 2.45) is 0 Å². The Balaban J connectivity index is 1.74. The van der Waals surface area contributed by atoms with Crippen LogP contribution in [0.1, 0.15) is 37.7 Å². The van der Waals surface area contributed by atoms with Crippen molar-refractivity contribution >= 4 is 37.0 Å². The number of anilines is 3. The van der Waals surface area contributed by atoms with Crippen LogP contribution in [-0.2, 0) is 10.8 Å². The van der Waals surface area contributed by atoms with Gasteiger partial charge in [-0.15, -0.1) is 11.3 Å². The van der Waals surface area contributed by atoms with Gasteiger partial charge in [-0.1, -0.05) is 20.8 Å². The van der Waals surface area contributed by atoms with Crippen LogP contribution in [0, 0.1) is 13.8 Å². The maximum Gasteiger partial charge on any atom is 0.191 e. The average Bonchev–Trinajstić information content (AvgIpc) is 3.52. The monoisotopic (exact) mass is 549 g/mol. The summed E-state index contributed by atoms with van der Waals surface area (Å²) >= 11 is 1.58. The normalized spacial score (nSPS) is 12.1. The lowest BCUT2D eigenvalue weighted by Crippen LogP contribution is -2.41. The number of hydrogen-bond donors (Lipinski definition) is 1. The third-order valence-corrected chi connectivity index (χ3v) is 12.5. The van der Waals surface area contributed by atoms with Crippen LogP contribution >= 0.6 is 11.3 Å². The van der Waals surface area contributed by atoms with Crippen molar-refractivity contribution < 1.29 is 4.43 Å². The molecule has 4 aromatic heterocycles. The quantitative estimate of drug-likeness (QED) is 0.231. The van der Waals surface area contributed by atoms with Gasteiger partial charge in [0.2, 0.25) is 0 Å². The van der Waals surface area contributed by atoms with Crippen LogP contribution in [-0.4, -0.2) is 53.8 Å². The van der Waals surface area contributed by atoms with Gasteiger partial charge in [-0.25, -0.2) is 19.6 Å². The second-order valence-electron chi connectivity index (χ2n) is 11.3. The fourth-order valence-corrected chi connectivity index (χ4v) is 5.49. The summed E-state index contributed by atoms with van der Waals surface area (Å²) in [6, 6.07) is 8.17. The molecule has 0 saturated heterocycles. The Kier molecular flexibility index (Phi) is 8.05. The minimum Gasteiger partial charge on any atom is -0.416 e. The largest absolute Gasteiger partial charge is 0.416 e. The van der Waals surface area contributed by atoms with Crippen molar-refractivity contribution in [3.63, 3.8) is 0 Å². The number of hydrogen-bond acceptors (Lipinski definition) is 8. The third kappa shape index (κ3) is 6.14. The van der Waals surface area contributed by atoms with Crippen LogP contribution in [0.2, 0.25) is 18.1 Å². The predicted octanol–water partition coefficient (Wildman–Crippen LogP) is 6.78. The first kappa shape index (κ1) is 27.9.